The van der Waals surface area contributed by atoms with Crippen molar-refractivity contribution in [3.8, 4) is 0 Å². The smallest absolute Gasteiger partial charge is 0.107 e. The minimum atomic E-state index is 0.0140. The summed E-state index contributed by atoms with van der Waals surface area (Å²) in [5.41, 5.74) is 2.50. The van der Waals surface area contributed by atoms with Gasteiger partial charge in [-0.05, 0) is 26.3 Å². The highest BCUT2D eigenvalue weighted by atomic mass is 32.1. The van der Waals surface area contributed by atoms with E-state index in [0.29, 0.717) is 6.04 Å². The van der Waals surface area contributed by atoms with E-state index in [1.54, 1.807) is 11.3 Å². The van der Waals surface area contributed by atoms with E-state index in [1.807, 2.05) is 0 Å². The Morgan fingerprint density at radius 2 is 2.14 bits per heavy atom. The molecule has 0 aliphatic carbocycles. The van der Waals surface area contributed by atoms with E-state index < -0.39 is 0 Å². The van der Waals surface area contributed by atoms with Crippen molar-refractivity contribution in [2.45, 2.75) is 38.9 Å². The molecular formula is C17H23N3S. The molecule has 3 rings (SSSR count). The molecule has 2 unspecified atom stereocenters. The average molecular weight is 301 g/mol. The van der Waals surface area contributed by atoms with Crippen LogP contribution in [0.3, 0.4) is 0 Å². The molecule has 0 amide bonds. The Kier molecular flexibility index (Phi) is 4.11. The summed E-state index contributed by atoms with van der Waals surface area (Å²) in [5, 5.41) is 7.08. The van der Waals surface area contributed by atoms with Crippen LogP contribution in [0.5, 0.6) is 0 Å². The number of nitrogens with one attached hydrogen (secondary N) is 1. The van der Waals surface area contributed by atoms with Gasteiger partial charge in [0.1, 0.15) is 5.01 Å². The van der Waals surface area contributed by atoms with Gasteiger partial charge in [-0.25, -0.2) is 4.98 Å². The fourth-order valence-corrected chi connectivity index (χ4v) is 3.78. The van der Waals surface area contributed by atoms with E-state index >= 15 is 0 Å². The molecule has 1 aliphatic heterocycles. The summed E-state index contributed by atoms with van der Waals surface area (Å²) in [6, 6.07) is 11.3. The number of aromatic nitrogens is 1. The lowest BCUT2D eigenvalue weighted by Gasteiger charge is -2.45. The molecular weight excluding hydrogens is 278 g/mol. The maximum Gasteiger partial charge on any atom is 0.107 e. The molecule has 2 heterocycles. The third kappa shape index (κ3) is 3.18. The first-order valence-electron chi connectivity index (χ1n) is 7.52. The van der Waals surface area contributed by atoms with Gasteiger partial charge in [0.15, 0.2) is 0 Å². The lowest BCUT2D eigenvalue weighted by Crippen LogP contribution is -2.59. The fourth-order valence-electron chi connectivity index (χ4n) is 2.98. The van der Waals surface area contributed by atoms with Crippen LogP contribution in [-0.2, 0) is 12.1 Å². The highest BCUT2D eigenvalue weighted by Gasteiger charge is 2.35. The van der Waals surface area contributed by atoms with Gasteiger partial charge in [-0.15, -0.1) is 11.3 Å². The molecule has 2 aromatic rings. The van der Waals surface area contributed by atoms with Gasteiger partial charge in [0, 0.05) is 30.2 Å². The second-order valence-electron chi connectivity index (χ2n) is 6.22. The lowest BCUT2D eigenvalue weighted by atomic mass is 9.88. The van der Waals surface area contributed by atoms with Gasteiger partial charge in [0.2, 0.25) is 0 Å². The van der Waals surface area contributed by atoms with Gasteiger partial charge >= 0.3 is 0 Å². The predicted octanol–water partition coefficient (Wildman–Crippen LogP) is 3.16. The Hall–Kier alpha value is -1.23. The summed E-state index contributed by atoms with van der Waals surface area (Å²) >= 11 is 1.77. The molecule has 1 saturated heterocycles. The van der Waals surface area contributed by atoms with Crippen molar-refractivity contribution in [1.82, 2.24) is 15.2 Å². The average Bonchev–Trinajstić information content (AvgIpc) is 2.89. The van der Waals surface area contributed by atoms with E-state index in [4.69, 9.17) is 0 Å². The Labute approximate surface area is 131 Å². The van der Waals surface area contributed by atoms with E-state index in [2.05, 4.69) is 71.7 Å². The first kappa shape index (κ1) is 14.7. The van der Waals surface area contributed by atoms with Gasteiger partial charge in [-0.1, -0.05) is 30.3 Å². The van der Waals surface area contributed by atoms with Gasteiger partial charge in [-0.2, -0.15) is 0 Å². The van der Waals surface area contributed by atoms with Crippen molar-refractivity contribution in [2.75, 3.05) is 13.1 Å². The van der Waals surface area contributed by atoms with Crippen LogP contribution in [0.25, 0.3) is 0 Å². The molecule has 1 aromatic carbocycles. The van der Waals surface area contributed by atoms with Crippen molar-refractivity contribution in [1.29, 1.82) is 0 Å². The molecule has 112 valence electrons. The number of hydrogen-bond acceptors (Lipinski definition) is 4. The lowest BCUT2D eigenvalue weighted by molar-refractivity contribution is 0.0877. The zero-order chi connectivity index (χ0) is 14.9. The van der Waals surface area contributed by atoms with Crippen LogP contribution in [0.1, 0.15) is 30.1 Å². The standard InChI is InChI=1S/C17H23N3S/c1-13-11-21-16(19-13)10-20-12-17(3,18-9-14(20)2)15-7-5-4-6-8-15/h4-8,11,14,18H,9-10,12H2,1-3H3. The maximum atomic E-state index is 4.62. The predicted molar refractivity (Wildman–Crippen MR) is 88.5 cm³/mol. The van der Waals surface area contributed by atoms with Crippen LogP contribution in [0.4, 0.5) is 0 Å². The molecule has 4 heteroatoms. The Morgan fingerprint density at radius 1 is 1.38 bits per heavy atom. The normalized spacial score (nSPS) is 26.9. The molecule has 1 fully saturated rings. The Balaban J connectivity index is 1.78. The number of nitrogens with zero attached hydrogens (tertiary/aromatic N) is 2. The summed E-state index contributed by atoms with van der Waals surface area (Å²) in [5.74, 6) is 0. The Morgan fingerprint density at radius 3 is 2.81 bits per heavy atom. The van der Waals surface area contributed by atoms with Gasteiger partial charge in [-0.3, -0.25) is 4.90 Å². The summed E-state index contributed by atoms with van der Waals surface area (Å²) in [6.45, 7) is 9.62. The second kappa shape index (κ2) is 5.87. The first-order valence-corrected chi connectivity index (χ1v) is 8.40. The SMILES string of the molecule is Cc1csc(CN2CC(C)(c3ccccc3)NCC2C)n1. The third-order valence-corrected chi connectivity index (χ3v) is 5.30. The number of rotatable bonds is 3. The third-order valence-electron chi connectivity index (χ3n) is 4.35. The molecule has 1 aromatic heterocycles. The minimum Gasteiger partial charge on any atom is -0.305 e. The van der Waals surface area contributed by atoms with Crippen molar-refractivity contribution in [3.05, 3.63) is 52.0 Å². The molecule has 0 bridgehead atoms. The van der Waals surface area contributed by atoms with Crippen LogP contribution >= 0.6 is 11.3 Å². The number of thiazole rings is 1. The molecule has 0 radical (unpaired) electrons. The Bertz CT molecular complexity index is 595. The van der Waals surface area contributed by atoms with E-state index in [9.17, 15) is 0 Å². The van der Waals surface area contributed by atoms with Gasteiger partial charge in [0.25, 0.3) is 0 Å². The number of benzene rings is 1. The minimum absolute atomic E-state index is 0.0140. The zero-order valence-electron chi connectivity index (χ0n) is 13.0. The molecule has 1 N–H and O–H groups in total. The number of hydrogen-bond donors (Lipinski definition) is 1. The fraction of sp³-hybridized carbons (Fsp3) is 0.471. The van der Waals surface area contributed by atoms with Crippen LogP contribution < -0.4 is 5.32 Å². The van der Waals surface area contributed by atoms with E-state index in [0.717, 1.165) is 25.3 Å². The van der Waals surface area contributed by atoms with Crippen molar-refractivity contribution in [2.24, 2.45) is 0 Å². The van der Waals surface area contributed by atoms with Crippen molar-refractivity contribution in [3.63, 3.8) is 0 Å². The van der Waals surface area contributed by atoms with Crippen molar-refractivity contribution < 1.29 is 0 Å². The number of piperazine rings is 1. The molecule has 21 heavy (non-hydrogen) atoms. The summed E-state index contributed by atoms with van der Waals surface area (Å²) < 4.78 is 0. The first-order chi connectivity index (χ1) is 10.1. The molecule has 1 aliphatic rings. The summed E-state index contributed by atoms with van der Waals surface area (Å²) in [7, 11) is 0. The van der Waals surface area contributed by atoms with Crippen molar-refractivity contribution >= 4 is 11.3 Å². The zero-order valence-corrected chi connectivity index (χ0v) is 13.8. The monoisotopic (exact) mass is 301 g/mol. The van der Waals surface area contributed by atoms with Gasteiger partial charge < -0.3 is 5.32 Å². The van der Waals surface area contributed by atoms with Crippen LogP contribution in [0, 0.1) is 6.92 Å². The summed E-state index contributed by atoms with van der Waals surface area (Å²) in [6.07, 6.45) is 0. The van der Waals surface area contributed by atoms with Crippen LogP contribution in [-0.4, -0.2) is 29.0 Å². The molecule has 0 saturated carbocycles. The quantitative estimate of drug-likeness (QED) is 0.944. The topological polar surface area (TPSA) is 28.2 Å². The molecule has 2 atom stereocenters. The highest BCUT2D eigenvalue weighted by Crippen LogP contribution is 2.27. The van der Waals surface area contributed by atoms with Crippen LogP contribution in [0.15, 0.2) is 35.7 Å². The van der Waals surface area contributed by atoms with Gasteiger partial charge in [0.05, 0.1) is 12.1 Å². The molecule has 3 nitrogen and oxygen atoms in total. The summed E-state index contributed by atoms with van der Waals surface area (Å²) in [4.78, 5) is 7.16. The number of aryl methyl sites for hydroxylation is 1. The van der Waals surface area contributed by atoms with E-state index in [-0.39, 0.29) is 5.54 Å². The molecule has 0 spiro atoms. The van der Waals surface area contributed by atoms with E-state index in [1.165, 1.54) is 10.6 Å². The second-order valence-corrected chi connectivity index (χ2v) is 7.16. The van der Waals surface area contributed by atoms with Crippen LogP contribution in [0.2, 0.25) is 0 Å². The largest absolute Gasteiger partial charge is 0.305 e. The maximum absolute atomic E-state index is 4.62. The highest BCUT2D eigenvalue weighted by molar-refractivity contribution is 7.09.